The molecule has 6 nitrogen and oxygen atoms in total. The Balaban J connectivity index is 0.00000300. The molecule has 0 saturated carbocycles. The lowest BCUT2D eigenvalue weighted by molar-refractivity contribution is 0.169. The summed E-state index contributed by atoms with van der Waals surface area (Å²) >= 11 is 0. The van der Waals surface area contributed by atoms with Gasteiger partial charge in [0, 0.05) is 57.8 Å². The second-order valence-corrected chi connectivity index (χ2v) is 7.70. The molecular formula is C22H34IN5O. The van der Waals surface area contributed by atoms with Crippen LogP contribution >= 0.6 is 24.0 Å². The molecule has 0 amide bonds. The number of piperazine rings is 1. The molecule has 1 fully saturated rings. The fourth-order valence-electron chi connectivity index (χ4n) is 3.57. The van der Waals surface area contributed by atoms with E-state index in [1.807, 2.05) is 13.0 Å². The van der Waals surface area contributed by atoms with Gasteiger partial charge in [-0.15, -0.1) is 24.0 Å². The van der Waals surface area contributed by atoms with Gasteiger partial charge in [0.1, 0.15) is 5.76 Å². The van der Waals surface area contributed by atoms with Gasteiger partial charge in [0.15, 0.2) is 5.96 Å². The van der Waals surface area contributed by atoms with E-state index >= 15 is 0 Å². The molecule has 0 bridgehead atoms. The Kier molecular flexibility index (Phi) is 9.42. The summed E-state index contributed by atoms with van der Waals surface area (Å²) in [4.78, 5) is 9.74. The zero-order valence-corrected chi connectivity index (χ0v) is 20.3. The molecule has 3 rings (SSSR count). The molecule has 1 aliphatic heterocycles. The van der Waals surface area contributed by atoms with Crippen LogP contribution in [0.25, 0.3) is 0 Å². The Morgan fingerprint density at radius 2 is 1.97 bits per heavy atom. The Bertz CT molecular complexity index is 783. The van der Waals surface area contributed by atoms with Gasteiger partial charge < -0.3 is 14.7 Å². The monoisotopic (exact) mass is 511 g/mol. The number of nitrogens with one attached hydrogen (secondary N) is 1. The lowest BCUT2D eigenvalue weighted by Gasteiger charge is -2.36. The highest BCUT2D eigenvalue weighted by Gasteiger charge is 2.20. The molecule has 0 spiro atoms. The number of aromatic nitrogens is 1. The van der Waals surface area contributed by atoms with Crippen LogP contribution in [0.3, 0.4) is 0 Å². The van der Waals surface area contributed by atoms with Crippen molar-refractivity contribution in [3.05, 3.63) is 52.9 Å². The Morgan fingerprint density at radius 3 is 2.59 bits per heavy atom. The summed E-state index contributed by atoms with van der Waals surface area (Å²) < 4.78 is 5.18. The number of hydrogen-bond acceptors (Lipinski definition) is 4. The lowest BCUT2D eigenvalue weighted by Crippen LogP contribution is -2.52. The fraction of sp³-hybridized carbons (Fsp3) is 0.545. The molecular weight excluding hydrogens is 477 g/mol. The third-order valence-corrected chi connectivity index (χ3v) is 5.20. The predicted molar refractivity (Wildman–Crippen MR) is 129 cm³/mol. The largest absolute Gasteiger partial charge is 0.361 e. The summed E-state index contributed by atoms with van der Waals surface area (Å²) in [5, 5.41) is 7.58. The first-order valence-corrected chi connectivity index (χ1v) is 10.3. The number of guanidine groups is 1. The number of benzene rings is 1. The molecule has 160 valence electrons. The third-order valence-electron chi connectivity index (χ3n) is 5.20. The Labute approximate surface area is 191 Å². The molecule has 2 aromatic rings. The molecule has 7 heteroatoms. The van der Waals surface area contributed by atoms with Gasteiger partial charge in [-0.2, -0.15) is 0 Å². The van der Waals surface area contributed by atoms with Gasteiger partial charge in [-0.3, -0.25) is 9.89 Å². The zero-order valence-electron chi connectivity index (χ0n) is 18.0. The lowest BCUT2D eigenvalue weighted by atomic mass is 10.00. The van der Waals surface area contributed by atoms with Gasteiger partial charge in [0.2, 0.25) is 0 Å². The normalized spacial score (nSPS) is 16.4. The molecule has 1 saturated heterocycles. The summed E-state index contributed by atoms with van der Waals surface area (Å²) in [5.74, 6) is 2.31. The fourth-order valence-corrected chi connectivity index (χ4v) is 3.57. The minimum absolute atomic E-state index is 0. The van der Waals surface area contributed by atoms with E-state index in [1.165, 1.54) is 11.1 Å². The first-order valence-electron chi connectivity index (χ1n) is 10.3. The standard InChI is InChI=1S/C22H33N5O.HI/c1-5-23-22(24-15-18(3)20-8-6-7-17(2)13-20)27-11-9-26(10-12-27)16-21-14-19(4)28-25-21;/h6-8,13-14,18H,5,9-12,15-16H2,1-4H3,(H,23,24);1H. The van der Waals surface area contributed by atoms with Gasteiger partial charge in [-0.25, -0.2) is 0 Å². The average Bonchev–Trinajstić information content (AvgIpc) is 3.10. The van der Waals surface area contributed by atoms with E-state index in [0.717, 1.165) is 63.2 Å². The second kappa shape index (κ2) is 11.5. The van der Waals surface area contributed by atoms with E-state index in [1.54, 1.807) is 0 Å². The number of hydrogen-bond donors (Lipinski definition) is 1. The minimum Gasteiger partial charge on any atom is -0.361 e. The van der Waals surface area contributed by atoms with Crippen LogP contribution in [-0.4, -0.2) is 60.2 Å². The zero-order chi connectivity index (χ0) is 19.9. The predicted octanol–water partition coefficient (Wildman–Crippen LogP) is 3.80. The van der Waals surface area contributed by atoms with Gasteiger partial charge in [-0.1, -0.05) is 41.9 Å². The maximum Gasteiger partial charge on any atom is 0.194 e. The van der Waals surface area contributed by atoms with Crippen molar-refractivity contribution < 1.29 is 4.52 Å². The first kappa shape index (κ1) is 23.7. The van der Waals surface area contributed by atoms with Crippen molar-refractivity contribution in [1.82, 2.24) is 20.3 Å². The molecule has 2 heterocycles. The van der Waals surface area contributed by atoms with Crippen LogP contribution < -0.4 is 5.32 Å². The summed E-state index contributed by atoms with van der Waals surface area (Å²) in [6.45, 7) is 14.9. The molecule has 1 atom stereocenters. The number of aryl methyl sites for hydroxylation is 2. The molecule has 1 N–H and O–H groups in total. The highest BCUT2D eigenvalue weighted by Crippen LogP contribution is 2.17. The maximum atomic E-state index is 5.18. The number of rotatable bonds is 6. The molecule has 1 aromatic heterocycles. The van der Waals surface area contributed by atoms with Crippen molar-refractivity contribution in [2.45, 2.75) is 40.2 Å². The highest BCUT2D eigenvalue weighted by atomic mass is 127. The van der Waals surface area contributed by atoms with Crippen LogP contribution in [0.5, 0.6) is 0 Å². The van der Waals surface area contributed by atoms with Crippen molar-refractivity contribution in [2.75, 3.05) is 39.3 Å². The first-order chi connectivity index (χ1) is 13.5. The molecule has 29 heavy (non-hydrogen) atoms. The topological polar surface area (TPSA) is 56.9 Å². The van der Waals surface area contributed by atoms with Crippen molar-refractivity contribution in [2.24, 2.45) is 4.99 Å². The Hall–Kier alpha value is -1.61. The number of nitrogens with zero attached hydrogens (tertiary/aromatic N) is 4. The van der Waals surface area contributed by atoms with Crippen LogP contribution in [0, 0.1) is 13.8 Å². The number of aliphatic imine (C=N–C) groups is 1. The smallest absolute Gasteiger partial charge is 0.194 e. The van der Waals surface area contributed by atoms with Gasteiger partial charge in [-0.05, 0) is 26.3 Å². The van der Waals surface area contributed by atoms with Gasteiger partial charge >= 0.3 is 0 Å². The minimum atomic E-state index is 0. The maximum absolute atomic E-state index is 5.18. The van der Waals surface area contributed by atoms with Crippen LogP contribution in [-0.2, 0) is 6.54 Å². The van der Waals surface area contributed by atoms with Crippen LogP contribution in [0.4, 0.5) is 0 Å². The third kappa shape index (κ3) is 6.99. The highest BCUT2D eigenvalue weighted by molar-refractivity contribution is 14.0. The SMILES string of the molecule is CCNC(=NCC(C)c1cccc(C)c1)N1CCN(Cc2cc(C)on2)CC1.I. The summed E-state index contributed by atoms with van der Waals surface area (Å²) in [6.07, 6.45) is 0. The molecule has 1 aliphatic rings. The van der Waals surface area contributed by atoms with Crippen molar-refractivity contribution in [3.63, 3.8) is 0 Å². The molecule has 0 radical (unpaired) electrons. The Morgan fingerprint density at radius 1 is 1.21 bits per heavy atom. The average molecular weight is 511 g/mol. The van der Waals surface area contributed by atoms with Gasteiger partial charge in [0.25, 0.3) is 0 Å². The summed E-state index contributed by atoms with van der Waals surface area (Å²) in [6, 6.07) is 10.8. The summed E-state index contributed by atoms with van der Waals surface area (Å²) in [5.41, 5.74) is 3.67. The molecule has 1 aromatic carbocycles. The van der Waals surface area contributed by atoms with E-state index in [2.05, 4.69) is 65.3 Å². The van der Waals surface area contributed by atoms with Crippen LogP contribution in [0.2, 0.25) is 0 Å². The second-order valence-electron chi connectivity index (χ2n) is 7.70. The van der Waals surface area contributed by atoms with Crippen molar-refractivity contribution in [3.8, 4) is 0 Å². The van der Waals surface area contributed by atoms with Crippen molar-refractivity contribution in [1.29, 1.82) is 0 Å². The van der Waals surface area contributed by atoms with E-state index in [-0.39, 0.29) is 24.0 Å². The number of halogens is 1. The summed E-state index contributed by atoms with van der Waals surface area (Å²) in [7, 11) is 0. The van der Waals surface area contributed by atoms with E-state index in [4.69, 9.17) is 9.52 Å². The van der Waals surface area contributed by atoms with E-state index in [9.17, 15) is 0 Å². The quantitative estimate of drug-likeness (QED) is 0.364. The van der Waals surface area contributed by atoms with Crippen LogP contribution in [0.1, 0.15) is 42.3 Å². The van der Waals surface area contributed by atoms with Gasteiger partial charge in [0.05, 0.1) is 5.69 Å². The molecule has 0 aliphatic carbocycles. The van der Waals surface area contributed by atoms with Crippen LogP contribution in [0.15, 0.2) is 39.8 Å². The van der Waals surface area contributed by atoms with E-state index in [0.29, 0.717) is 5.92 Å². The van der Waals surface area contributed by atoms with E-state index < -0.39 is 0 Å². The van der Waals surface area contributed by atoms with Crippen molar-refractivity contribution >= 4 is 29.9 Å². The molecule has 1 unspecified atom stereocenters.